The van der Waals surface area contributed by atoms with Crippen LogP contribution in [0.4, 0.5) is 17.3 Å². The normalized spacial score (nSPS) is 14.0. The van der Waals surface area contributed by atoms with Gasteiger partial charge in [-0.1, -0.05) is 6.07 Å². The molecule has 154 valence electrons. The maximum Gasteiger partial charge on any atom is 0.270 e. The fraction of sp³-hybridized carbons (Fsp3) is 0.286. The van der Waals surface area contributed by atoms with Gasteiger partial charge in [0.15, 0.2) is 0 Å². The summed E-state index contributed by atoms with van der Waals surface area (Å²) in [6.45, 7) is 3.39. The number of nitrogens with zero attached hydrogens (tertiary/aromatic N) is 5. The van der Waals surface area contributed by atoms with Crippen molar-refractivity contribution < 1.29 is 9.72 Å². The van der Waals surface area contributed by atoms with E-state index < -0.39 is 4.92 Å². The van der Waals surface area contributed by atoms with Gasteiger partial charge in [0.2, 0.25) is 5.91 Å². The lowest BCUT2D eigenvalue weighted by Gasteiger charge is -2.35. The second kappa shape index (κ2) is 8.73. The summed E-state index contributed by atoms with van der Waals surface area (Å²) >= 11 is 0. The molecule has 1 N–H and O–H groups in total. The van der Waals surface area contributed by atoms with E-state index in [9.17, 15) is 14.9 Å². The second-order valence-corrected chi connectivity index (χ2v) is 7.06. The van der Waals surface area contributed by atoms with Gasteiger partial charge in [0, 0.05) is 62.9 Å². The molecule has 1 aliphatic rings. The molecule has 1 aliphatic heterocycles. The average molecular weight is 406 g/mol. The molecule has 2 aromatic heterocycles. The third-order valence-electron chi connectivity index (χ3n) is 5.13. The van der Waals surface area contributed by atoms with Crippen LogP contribution >= 0.6 is 0 Å². The fourth-order valence-corrected chi connectivity index (χ4v) is 3.51. The molecular formula is C21H22N6O3. The molecule has 3 aromatic rings. The Morgan fingerprint density at radius 1 is 1.10 bits per heavy atom. The Labute approximate surface area is 173 Å². The number of piperazine rings is 1. The summed E-state index contributed by atoms with van der Waals surface area (Å²) in [7, 11) is 0. The number of carbonyl (C=O) groups is 1. The number of carbonyl (C=O) groups excluding carboxylic acids is 1. The van der Waals surface area contributed by atoms with Gasteiger partial charge in [-0.3, -0.25) is 14.9 Å². The number of amides is 1. The second-order valence-electron chi connectivity index (χ2n) is 7.06. The third-order valence-corrected chi connectivity index (χ3v) is 5.13. The van der Waals surface area contributed by atoms with Crippen molar-refractivity contribution in [3.8, 4) is 0 Å². The number of fused-ring (bicyclic) bond motifs is 1. The number of nitrogens with one attached hydrogen (secondary N) is 1. The first kappa shape index (κ1) is 19.6. The van der Waals surface area contributed by atoms with Crippen LogP contribution in [-0.2, 0) is 4.79 Å². The lowest BCUT2D eigenvalue weighted by atomic mass is 10.2. The van der Waals surface area contributed by atoms with Crippen LogP contribution in [0, 0.1) is 10.1 Å². The molecule has 9 nitrogen and oxygen atoms in total. The summed E-state index contributed by atoms with van der Waals surface area (Å²) in [6.07, 6.45) is 2.16. The molecule has 1 fully saturated rings. The maximum atomic E-state index is 12.5. The zero-order valence-electron chi connectivity index (χ0n) is 16.4. The van der Waals surface area contributed by atoms with Gasteiger partial charge in [-0.15, -0.1) is 0 Å². The van der Waals surface area contributed by atoms with Crippen LogP contribution in [0.25, 0.3) is 10.9 Å². The molecule has 9 heteroatoms. The van der Waals surface area contributed by atoms with Gasteiger partial charge in [0.05, 0.1) is 10.4 Å². The van der Waals surface area contributed by atoms with Crippen LogP contribution in [0.5, 0.6) is 0 Å². The summed E-state index contributed by atoms with van der Waals surface area (Å²) in [5, 5.41) is 14.7. The summed E-state index contributed by atoms with van der Waals surface area (Å²) < 4.78 is 0. The topological polar surface area (TPSA) is 104 Å². The van der Waals surface area contributed by atoms with Gasteiger partial charge in [-0.05, 0) is 30.3 Å². The molecule has 0 bridgehead atoms. The molecule has 1 aromatic carbocycles. The van der Waals surface area contributed by atoms with E-state index in [1.54, 1.807) is 24.4 Å². The van der Waals surface area contributed by atoms with Crippen LogP contribution < -0.4 is 10.2 Å². The molecule has 0 saturated carbocycles. The quantitative estimate of drug-likeness (QED) is 0.496. The van der Waals surface area contributed by atoms with Crippen LogP contribution in [0.2, 0.25) is 0 Å². The highest BCUT2D eigenvalue weighted by molar-refractivity contribution is 5.82. The van der Waals surface area contributed by atoms with Gasteiger partial charge in [0.25, 0.3) is 5.69 Å². The van der Waals surface area contributed by atoms with Crippen molar-refractivity contribution in [2.75, 3.05) is 42.9 Å². The minimum atomic E-state index is -0.423. The smallest absolute Gasteiger partial charge is 0.270 e. The molecule has 4 rings (SSSR count). The average Bonchev–Trinajstić information content (AvgIpc) is 2.79. The Balaban J connectivity index is 1.26. The van der Waals surface area contributed by atoms with Gasteiger partial charge in [-0.25, -0.2) is 9.97 Å². The van der Waals surface area contributed by atoms with Crippen molar-refractivity contribution in [2.45, 2.75) is 6.42 Å². The number of nitro benzene ring substituents is 1. The van der Waals surface area contributed by atoms with Gasteiger partial charge < -0.3 is 15.1 Å². The number of rotatable bonds is 6. The monoisotopic (exact) mass is 406 g/mol. The van der Waals surface area contributed by atoms with Crippen LogP contribution in [0.15, 0.2) is 54.7 Å². The highest BCUT2D eigenvalue weighted by Crippen LogP contribution is 2.21. The van der Waals surface area contributed by atoms with Gasteiger partial charge in [0.1, 0.15) is 11.6 Å². The largest absolute Gasteiger partial charge is 0.370 e. The van der Waals surface area contributed by atoms with E-state index in [0.29, 0.717) is 42.8 Å². The van der Waals surface area contributed by atoms with Crippen molar-refractivity contribution in [2.24, 2.45) is 0 Å². The lowest BCUT2D eigenvalue weighted by molar-refractivity contribution is -0.384. The van der Waals surface area contributed by atoms with Crippen LogP contribution in [0.3, 0.4) is 0 Å². The first-order chi connectivity index (χ1) is 14.6. The Hall–Kier alpha value is -3.75. The molecule has 0 spiro atoms. The number of aromatic nitrogens is 2. The first-order valence-corrected chi connectivity index (χ1v) is 9.83. The number of non-ortho nitro benzene ring substituents is 1. The zero-order valence-corrected chi connectivity index (χ0v) is 16.4. The van der Waals surface area contributed by atoms with E-state index >= 15 is 0 Å². The number of hydrogen-bond donors (Lipinski definition) is 1. The molecule has 0 atom stereocenters. The van der Waals surface area contributed by atoms with Crippen molar-refractivity contribution >= 4 is 34.1 Å². The van der Waals surface area contributed by atoms with Gasteiger partial charge in [-0.2, -0.15) is 0 Å². The van der Waals surface area contributed by atoms with Gasteiger partial charge >= 0.3 is 0 Å². The van der Waals surface area contributed by atoms with Crippen molar-refractivity contribution in [1.29, 1.82) is 0 Å². The molecule has 0 radical (unpaired) electrons. The minimum Gasteiger partial charge on any atom is -0.370 e. The highest BCUT2D eigenvalue weighted by atomic mass is 16.6. The summed E-state index contributed by atoms with van der Waals surface area (Å²) in [5.74, 6) is 1.70. The SMILES string of the molecule is O=C(CCNc1ccc2cc([N+](=O)[O-])ccc2n1)N1CCN(c2ccccn2)CC1. The molecule has 1 saturated heterocycles. The van der Waals surface area contributed by atoms with E-state index in [1.165, 1.54) is 12.1 Å². The maximum absolute atomic E-state index is 12.5. The van der Waals surface area contributed by atoms with Crippen molar-refractivity contribution in [3.63, 3.8) is 0 Å². The summed E-state index contributed by atoms with van der Waals surface area (Å²) in [4.78, 5) is 35.8. The summed E-state index contributed by atoms with van der Waals surface area (Å²) in [5.41, 5.74) is 0.710. The first-order valence-electron chi connectivity index (χ1n) is 9.83. The Morgan fingerprint density at radius 2 is 1.93 bits per heavy atom. The molecule has 30 heavy (non-hydrogen) atoms. The molecular weight excluding hydrogens is 384 g/mol. The minimum absolute atomic E-state index is 0.0405. The Kier molecular flexibility index (Phi) is 5.69. The van der Waals surface area contributed by atoms with Crippen molar-refractivity contribution in [1.82, 2.24) is 14.9 Å². The van der Waals surface area contributed by atoms with Crippen LogP contribution in [0.1, 0.15) is 6.42 Å². The number of benzene rings is 1. The number of pyridine rings is 2. The van der Waals surface area contributed by atoms with E-state index in [-0.39, 0.29) is 11.6 Å². The summed E-state index contributed by atoms with van der Waals surface area (Å²) in [6, 6.07) is 14.0. The van der Waals surface area contributed by atoms with Crippen molar-refractivity contribution in [3.05, 3.63) is 64.8 Å². The number of hydrogen-bond acceptors (Lipinski definition) is 7. The van der Waals surface area contributed by atoms with Crippen LogP contribution in [-0.4, -0.2) is 58.4 Å². The lowest BCUT2D eigenvalue weighted by Crippen LogP contribution is -2.49. The van der Waals surface area contributed by atoms with E-state index in [4.69, 9.17) is 0 Å². The standard InChI is InChI=1S/C21H22N6O3/c28-21(26-13-11-25(12-14-26)20-3-1-2-9-23-20)8-10-22-19-7-4-16-15-17(27(29)30)5-6-18(16)24-19/h1-7,9,15H,8,10-14H2,(H,22,24). The molecule has 3 heterocycles. The molecule has 1 amide bonds. The Morgan fingerprint density at radius 3 is 2.67 bits per heavy atom. The van der Waals surface area contributed by atoms with E-state index in [2.05, 4.69) is 20.2 Å². The zero-order chi connectivity index (χ0) is 20.9. The third kappa shape index (κ3) is 4.45. The molecule has 0 aliphatic carbocycles. The predicted octanol–water partition coefficient (Wildman–Crippen LogP) is 2.69. The molecule has 0 unspecified atom stereocenters. The van der Waals surface area contributed by atoms with E-state index in [0.717, 1.165) is 18.9 Å². The number of anilines is 2. The van der Waals surface area contributed by atoms with E-state index in [1.807, 2.05) is 23.1 Å². The fourth-order valence-electron chi connectivity index (χ4n) is 3.51. The highest BCUT2D eigenvalue weighted by Gasteiger charge is 2.21. The Bertz CT molecular complexity index is 1050. The number of nitro groups is 1. The predicted molar refractivity (Wildman–Crippen MR) is 115 cm³/mol.